The van der Waals surface area contributed by atoms with E-state index in [4.69, 9.17) is 4.98 Å². The van der Waals surface area contributed by atoms with Crippen molar-refractivity contribution in [2.75, 3.05) is 0 Å². The fourth-order valence-electron chi connectivity index (χ4n) is 4.19. The van der Waals surface area contributed by atoms with Crippen LogP contribution in [-0.4, -0.2) is 24.6 Å². The Balaban J connectivity index is 1.46. The zero-order valence-corrected chi connectivity index (χ0v) is 17.4. The third-order valence-electron chi connectivity index (χ3n) is 5.90. The van der Waals surface area contributed by atoms with Crippen LogP contribution < -0.4 is 0 Å². The van der Waals surface area contributed by atoms with Crippen molar-refractivity contribution in [2.45, 2.75) is 38.3 Å². The lowest BCUT2D eigenvalue weighted by Gasteiger charge is -2.06. The highest BCUT2D eigenvalue weighted by atomic mass is 32.1. The minimum Gasteiger partial charge on any atom is -0.234 e. The molecule has 0 bridgehead atoms. The van der Waals surface area contributed by atoms with Crippen molar-refractivity contribution in [2.24, 2.45) is 0 Å². The van der Waals surface area contributed by atoms with Gasteiger partial charge in [0.2, 0.25) is 0 Å². The number of hydrogen-bond donors (Lipinski definition) is 0. The van der Waals surface area contributed by atoms with E-state index in [0.717, 1.165) is 18.3 Å². The van der Waals surface area contributed by atoms with Crippen molar-refractivity contribution < 1.29 is 13.2 Å². The maximum atomic E-state index is 13.2. The number of alkyl halides is 3. The summed E-state index contributed by atoms with van der Waals surface area (Å²) in [6, 6.07) is 9.59. The maximum Gasteiger partial charge on any atom is 0.433 e. The van der Waals surface area contributed by atoms with Gasteiger partial charge in [0.05, 0.1) is 5.52 Å². The molecular formula is C22H16F3N5S. The Kier molecular flexibility index (Phi) is 3.75. The van der Waals surface area contributed by atoms with Gasteiger partial charge < -0.3 is 0 Å². The Morgan fingerprint density at radius 2 is 1.84 bits per heavy atom. The molecule has 1 fully saturated rings. The molecule has 9 heteroatoms. The molecule has 6 rings (SSSR count). The van der Waals surface area contributed by atoms with Gasteiger partial charge in [0, 0.05) is 11.3 Å². The molecule has 156 valence electrons. The smallest absolute Gasteiger partial charge is 0.234 e. The first-order valence-corrected chi connectivity index (χ1v) is 10.7. The summed E-state index contributed by atoms with van der Waals surface area (Å²) in [7, 11) is 0. The van der Waals surface area contributed by atoms with Crippen LogP contribution in [0.2, 0.25) is 0 Å². The first-order chi connectivity index (χ1) is 14.8. The number of thiophene rings is 1. The van der Waals surface area contributed by atoms with Gasteiger partial charge in [-0.25, -0.2) is 19.5 Å². The van der Waals surface area contributed by atoms with Crippen LogP contribution >= 0.6 is 11.3 Å². The van der Waals surface area contributed by atoms with Crippen molar-refractivity contribution in [3.05, 3.63) is 64.9 Å². The van der Waals surface area contributed by atoms with Gasteiger partial charge in [0.1, 0.15) is 21.6 Å². The lowest BCUT2D eigenvalue weighted by molar-refractivity contribution is -0.141. The Hall–Kier alpha value is -3.07. The van der Waals surface area contributed by atoms with Gasteiger partial charge in [-0.05, 0) is 43.4 Å². The highest BCUT2D eigenvalue weighted by molar-refractivity contribution is 7.26. The first-order valence-electron chi connectivity index (χ1n) is 9.88. The fraction of sp³-hybridized carbons (Fsp3) is 0.273. The van der Waals surface area contributed by atoms with E-state index in [1.165, 1.54) is 22.5 Å². The Labute approximate surface area is 178 Å². The van der Waals surface area contributed by atoms with E-state index in [-0.39, 0.29) is 5.92 Å². The Morgan fingerprint density at radius 3 is 2.58 bits per heavy atom. The van der Waals surface area contributed by atoms with Gasteiger partial charge in [-0.2, -0.15) is 13.2 Å². The molecule has 0 N–H and O–H groups in total. The highest BCUT2D eigenvalue weighted by Gasteiger charge is 2.42. The summed E-state index contributed by atoms with van der Waals surface area (Å²) in [5.41, 5.74) is 3.35. The summed E-state index contributed by atoms with van der Waals surface area (Å²) in [6.07, 6.45) is -1.92. The topological polar surface area (TPSA) is 56.0 Å². The first kappa shape index (κ1) is 18.7. The SMILES string of the molecule is Cc1ccc(C2CC2c2nc3c4sc5nc(C(F)(F)F)cc(C)c5c4ncn3n2)cc1. The predicted octanol–water partition coefficient (Wildman–Crippen LogP) is 5.79. The number of aromatic nitrogens is 5. The summed E-state index contributed by atoms with van der Waals surface area (Å²) in [6.45, 7) is 3.72. The zero-order valence-electron chi connectivity index (χ0n) is 16.6. The predicted molar refractivity (Wildman–Crippen MR) is 112 cm³/mol. The Bertz CT molecular complexity index is 1480. The number of nitrogens with zero attached hydrogens (tertiary/aromatic N) is 5. The number of rotatable bonds is 2. The molecule has 0 spiro atoms. The van der Waals surface area contributed by atoms with E-state index in [9.17, 15) is 13.2 Å². The molecule has 2 atom stereocenters. The van der Waals surface area contributed by atoms with E-state index in [0.29, 0.717) is 37.6 Å². The lowest BCUT2D eigenvalue weighted by atomic mass is 10.1. The summed E-state index contributed by atoms with van der Waals surface area (Å²) < 4.78 is 41.9. The molecule has 4 heterocycles. The van der Waals surface area contributed by atoms with Gasteiger partial charge in [-0.15, -0.1) is 16.4 Å². The van der Waals surface area contributed by atoms with Crippen molar-refractivity contribution >= 4 is 37.4 Å². The van der Waals surface area contributed by atoms with Gasteiger partial charge in [-0.1, -0.05) is 29.8 Å². The third kappa shape index (κ3) is 2.90. The van der Waals surface area contributed by atoms with Crippen LogP contribution in [0.15, 0.2) is 36.7 Å². The third-order valence-corrected chi connectivity index (χ3v) is 6.97. The molecule has 0 radical (unpaired) electrons. The van der Waals surface area contributed by atoms with Crippen molar-refractivity contribution in [3.63, 3.8) is 0 Å². The summed E-state index contributed by atoms with van der Waals surface area (Å²) in [5.74, 6) is 1.38. The normalized spacial score (nSPS) is 19.0. The van der Waals surface area contributed by atoms with Gasteiger partial charge in [-0.3, -0.25) is 0 Å². The van der Waals surface area contributed by atoms with E-state index in [1.807, 2.05) is 0 Å². The van der Waals surface area contributed by atoms with Crippen molar-refractivity contribution in [3.8, 4) is 0 Å². The molecule has 1 aliphatic carbocycles. The quantitative estimate of drug-likeness (QED) is 0.349. The lowest BCUT2D eigenvalue weighted by Crippen LogP contribution is -2.07. The number of halogens is 3. The molecule has 1 aliphatic rings. The van der Waals surface area contributed by atoms with Gasteiger partial charge >= 0.3 is 6.18 Å². The standard InChI is InChI=1S/C22H16F3N5S/c1-10-3-5-12(6-4-10)13-8-14(13)19-28-20-18-17(26-9-30(20)29-19)16-11(2)7-15(22(23,24)25)27-21(16)31-18/h3-7,9,13-14H,8H2,1-2H3. The zero-order chi connectivity index (χ0) is 21.5. The monoisotopic (exact) mass is 439 g/mol. The number of pyridine rings is 1. The van der Waals surface area contributed by atoms with Crippen molar-refractivity contribution in [1.82, 2.24) is 24.6 Å². The van der Waals surface area contributed by atoms with Crippen LogP contribution in [-0.2, 0) is 6.18 Å². The van der Waals surface area contributed by atoms with E-state index < -0.39 is 11.9 Å². The molecule has 2 unspecified atom stereocenters. The Morgan fingerprint density at radius 1 is 1.06 bits per heavy atom. The summed E-state index contributed by atoms with van der Waals surface area (Å²) >= 11 is 1.18. The molecule has 1 aromatic carbocycles. The minimum atomic E-state index is -4.49. The molecule has 0 saturated heterocycles. The summed E-state index contributed by atoms with van der Waals surface area (Å²) in [5, 5.41) is 5.26. The molecule has 0 amide bonds. The summed E-state index contributed by atoms with van der Waals surface area (Å²) in [4.78, 5) is 13.4. The largest absolute Gasteiger partial charge is 0.433 e. The van der Waals surface area contributed by atoms with Crippen molar-refractivity contribution in [1.29, 1.82) is 0 Å². The van der Waals surface area contributed by atoms with Crippen LogP contribution in [0.5, 0.6) is 0 Å². The number of hydrogen-bond acceptors (Lipinski definition) is 5. The van der Waals surface area contributed by atoms with Crippen LogP contribution in [0.4, 0.5) is 13.2 Å². The van der Waals surface area contributed by atoms with Gasteiger partial charge in [0.25, 0.3) is 0 Å². The second kappa shape index (κ2) is 6.23. The van der Waals surface area contributed by atoms with E-state index in [2.05, 4.69) is 46.3 Å². The number of benzene rings is 1. The molecule has 4 aromatic heterocycles. The van der Waals surface area contributed by atoms with Crippen LogP contribution in [0.25, 0.3) is 26.1 Å². The average molecular weight is 439 g/mol. The molecule has 31 heavy (non-hydrogen) atoms. The molecular weight excluding hydrogens is 423 g/mol. The van der Waals surface area contributed by atoms with Gasteiger partial charge in [0.15, 0.2) is 11.5 Å². The second-order valence-electron chi connectivity index (χ2n) is 8.12. The number of fused-ring (bicyclic) bond motifs is 5. The maximum absolute atomic E-state index is 13.2. The highest BCUT2D eigenvalue weighted by Crippen LogP contribution is 2.53. The number of aryl methyl sites for hydroxylation is 2. The molecule has 0 aliphatic heterocycles. The van der Waals surface area contributed by atoms with E-state index in [1.54, 1.807) is 17.8 Å². The average Bonchev–Trinajstić information content (AvgIpc) is 3.23. The molecule has 5 aromatic rings. The minimum absolute atomic E-state index is 0.240. The van der Waals surface area contributed by atoms with Crippen LogP contribution in [0.1, 0.15) is 46.5 Å². The molecule has 1 saturated carbocycles. The fourth-order valence-corrected chi connectivity index (χ4v) is 5.37. The second-order valence-corrected chi connectivity index (χ2v) is 9.12. The van der Waals surface area contributed by atoms with Crippen LogP contribution in [0, 0.1) is 13.8 Å². The molecule has 5 nitrogen and oxygen atoms in total. The van der Waals surface area contributed by atoms with E-state index >= 15 is 0 Å². The van der Waals surface area contributed by atoms with Crippen LogP contribution in [0.3, 0.4) is 0 Å².